The van der Waals surface area contributed by atoms with E-state index in [2.05, 4.69) is 36.6 Å². The number of nitrogens with zero attached hydrogens (tertiary/aromatic N) is 1. The number of nitrogens with one attached hydrogen (secondary N) is 1. The fraction of sp³-hybridized carbons (Fsp3) is 0.550. The van der Waals surface area contributed by atoms with Crippen LogP contribution in [0.5, 0.6) is 0 Å². The van der Waals surface area contributed by atoms with Crippen LogP contribution in [0, 0.1) is 0 Å². The third kappa shape index (κ3) is 5.68. The highest BCUT2D eigenvalue weighted by atomic mass is 16.6. The molecule has 0 spiro atoms. The minimum atomic E-state index is -0.480. The van der Waals surface area contributed by atoms with Gasteiger partial charge in [0.15, 0.2) is 0 Å². The van der Waals surface area contributed by atoms with Gasteiger partial charge in [-0.3, -0.25) is 0 Å². The van der Waals surface area contributed by atoms with Crippen LogP contribution in [0.2, 0.25) is 0 Å². The monoisotopic (exact) mass is 330 g/mol. The summed E-state index contributed by atoms with van der Waals surface area (Å²) in [6, 6.07) is 10.7. The van der Waals surface area contributed by atoms with Gasteiger partial charge in [0.05, 0.1) is 6.04 Å². The number of hydrazine groups is 1. The molecular weight excluding hydrogens is 300 g/mol. The van der Waals surface area contributed by atoms with Gasteiger partial charge in [-0.25, -0.2) is 15.2 Å². The van der Waals surface area contributed by atoms with E-state index in [-0.39, 0.29) is 12.1 Å². The molecule has 1 fully saturated rings. The topological polar surface area (TPSA) is 41.6 Å². The SMILES string of the molecule is CCC[C@@H]1C[C@H](C/C=C/c2ccccc2)N(C(=O)OC(C)(C)C)N1. The molecule has 2 atom stereocenters. The Bertz CT molecular complexity index is 549. The van der Waals surface area contributed by atoms with Crippen LogP contribution in [0.1, 0.15) is 58.9 Å². The number of benzene rings is 1. The molecule has 1 amide bonds. The van der Waals surface area contributed by atoms with Crippen molar-refractivity contribution in [1.82, 2.24) is 10.4 Å². The standard InChI is InChI=1S/C20H30N2O2/c1-5-10-17-15-18(14-9-13-16-11-7-6-8-12-16)22(21-17)19(23)24-20(2,3)4/h6-9,11-13,17-18,21H,5,10,14-15H2,1-4H3/b13-9+/t17-,18+/m1/s1. The van der Waals surface area contributed by atoms with Gasteiger partial charge in [0.2, 0.25) is 0 Å². The Morgan fingerprint density at radius 3 is 2.67 bits per heavy atom. The first-order chi connectivity index (χ1) is 11.4. The van der Waals surface area contributed by atoms with Crippen molar-refractivity contribution in [3.05, 3.63) is 42.0 Å². The summed E-state index contributed by atoms with van der Waals surface area (Å²) in [5, 5.41) is 1.70. The maximum atomic E-state index is 12.5. The molecule has 1 N–H and O–H groups in total. The molecule has 24 heavy (non-hydrogen) atoms. The van der Waals surface area contributed by atoms with E-state index in [9.17, 15) is 4.79 Å². The Hall–Kier alpha value is -1.81. The van der Waals surface area contributed by atoms with Gasteiger partial charge in [0, 0.05) is 6.04 Å². The fourth-order valence-corrected chi connectivity index (χ4v) is 2.96. The number of carbonyl (C=O) groups is 1. The maximum Gasteiger partial charge on any atom is 0.425 e. The van der Waals surface area contributed by atoms with Gasteiger partial charge in [0.25, 0.3) is 0 Å². The van der Waals surface area contributed by atoms with E-state index >= 15 is 0 Å². The third-order valence-corrected chi connectivity index (χ3v) is 3.99. The average molecular weight is 330 g/mol. The predicted molar refractivity (Wildman–Crippen MR) is 98.4 cm³/mol. The molecule has 0 saturated carbocycles. The number of rotatable bonds is 5. The normalized spacial score (nSPS) is 21.4. The van der Waals surface area contributed by atoms with E-state index < -0.39 is 5.60 Å². The smallest absolute Gasteiger partial charge is 0.425 e. The molecule has 1 aliphatic heterocycles. The second-order valence-electron chi connectivity index (χ2n) is 7.40. The van der Waals surface area contributed by atoms with Crippen molar-refractivity contribution in [1.29, 1.82) is 0 Å². The molecular formula is C20H30N2O2. The molecule has 0 unspecified atom stereocenters. The third-order valence-electron chi connectivity index (χ3n) is 3.99. The van der Waals surface area contributed by atoms with Gasteiger partial charge in [-0.15, -0.1) is 0 Å². The molecule has 0 bridgehead atoms. The van der Waals surface area contributed by atoms with Crippen molar-refractivity contribution >= 4 is 12.2 Å². The summed E-state index contributed by atoms with van der Waals surface area (Å²) in [6.07, 6.45) is 7.94. The van der Waals surface area contributed by atoms with Gasteiger partial charge in [-0.2, -0.15) is 0 Å². The van der Waals surface area contributed by atoms with Crippen LogP contribution in [0.4, 0.5) is 4.79 Å². The lowest BCUT2D eigenvalue weighted by Crippen LogP contribution is -2.46. The molecule has 2 rings (SSSR count). The van der Waals surface area contributed by atoms with E-state index in [4.69, 9.17) is 4.74 Å². The summed E-state index contributed by atoms with van der Waals surface area (Å²) in [7, 11) is 0. The number of carbonyl (C=O) groups excluding carboxylic acids is 1. The average Bonchev–Trinajstić information content (AvgIpc) is 2.90. The Labute approximate surface area is 145 Å². The van der Waals surface area contributed by atoms with Crippen molar-refractivity contribution in [2.24, 2.45) is 0 Å². The molecule has 1 aromatic carbocycles. The van der Waals surface area contributed by atoms with Crippen LogP contribution in [0.25, 0.3) is 6.08 Å². The van der Waals surface area contributed by atoms with Crippen LogP contribution < -0.4 is 5.43 Å². The number of hydrogen-bond donors (Lipinski definition) is 1. The highest BCUT2D eigenvalue weighted by Crippen LogP contribution is 2.24. The predicted octanol–water partition coefficient (Wildman–Crippen LogP) is 4.77. The Balaban J connectivity index is 2.00. The second-order valence-corrected chi connectivity index (χ2v) is 7.40. The van der Waals surface area contributed by atoms with Gasteiger partial charge in [-0.1, -0.05) is 55.8 Å². The van der Waals surface area contributed by atoms with Crippen molar-refractivity contribution in [3.63, 3.8) is 0 Å². The van der Waals surface area contributed by atoms with Crippen molar-refractivity contribution in [3.8, 4) is 0 Å². The number of ether oxygens (including phenoxy) is 1. The molecule has 1 heterocycles. The van der Waals surface area contributed by atoms with E-state index in [1.54, 1.807) is 5.01 Å². The lowest BCUT2D eigenvalue weighted by atomic mass is 10.0. The summed E-state index contributed by atoms with van der Waals surface area (Å²) >= 11 is 0. The first-order valence-electron chi connectivity index (χ1n) is 8.89. The van der Waals surface area contributed by atoms with E-state index in [1.165, 1.54) is 5.56 Å². The molecule has 4 nitrogen and oxygen atoms in total. The Morgan fingerprint density at radius 2 is 2.04 bits per heavy atom. The summed E-state index contributed by atoms with van der Waals surface area (Å²) in [5.41, 5.74) is 4.04. The maximum absolute atomic E-state index is 12.5. The Kier molecular flexibility index (Phi) is 6.44. The second kappa shape index (κ2) is 8.34. The highest BCUT2D eigenvalue weighted by Gasteiger charge is 2.36. The lowest BCUT2D eigenvalue weighted by Gasteiger charge is -2.28. The molecule has 4 heteroatoms. The molecule has 0 radical (unpaired) electrons. The van der Waals surface area contributed by atoms with E-state index in [1.807, 2.05) is 39.0 Å². The lowest BCUT2D eigenvalue weighted by molar-refractivity contribution is 0.0115. The van der Waals surface area contributed by atoms with Crippen LogP contribution in [0.3, 0.4) is 0 Å². The molecule has 1 aliphatic rings. The van der Waals surface area contributed by atoms with Crippen LogP contribution >= 0.6 is 0 Å². The van der Waals surface area contributed by atoms with Gasteiger partial charge in [0.1, 0.15) is 5.60 Å². The molecule has 1 aromatic rings. The minimum Gasteiger partial charge on any atom is -0.443 e. The number of amides is 1. The van der Waals surface area contributed by atoms with Crippen molar-refractivity contribution in [2.75, 3.05) is 0 Å². The van der Waals surface area contributed by atoms with Crippen LogP contribution in [-0.2, 0) is 4.74 Å². The Morgan fingerprint density at radius 1 is 1.33 bits per heavy atom. The largest absolute Gasteiger partial charge is 0.443 e. The van der Waals surface area contributed by atoms with Gasteiger partial charge < -0.3 is 4.74 Å². The van der Waals surface area contributed by atoms with Gasteiger partial charge >= 0.3 is 6.09 Å². The van der Waals surface area contributed by atoms with Crippen LogP contribution in [0.15, 0.2) is 36.4 Å². The molecule has 1 saturated heterocycles. The summed E-state index contributed by atoms with van der Waals surface area (Å²) in [4.78, 5) is 12.5. The van der Waals surface area contributed by atoms with Crippen molar-refractivity contribution < 1.29 is 9.53 Å². The quantitative estimate of drug-likeness (QED) is 0.845. The van der Waals surface area contributed by atoms with E-state index in [0.717, 1.165) is 25.7 Å². The zero-order valence-electron chi connectivity index (χ0n) is 15.3. The first kappa shape index (κ1) is 18.5. The summed E-state index contributed by atoms with van der Waals surface area (Å²) in [6.45, 7) is 7.86. The van der Waals surface area contributed by atoms with Crippen molar-refractivity contribution in [2.45, 2.75) is 71.1 Å². The summed E-state index contributed by atoms with van der Waals surface area (Å²) in [5.74, 6) is 0. The first-order valence-corrected chi connectivity index (χ1v) is 8.89. The molecule has 0 aliphatic carbocycles. The fourth-order valence-electron chi connectivity index (χ4n) is 2.96. The zero-order chi connectivity index (χ0) is 17.6. The molecule has 132 valence electrons. The number of hydrogen-bond acceptors (Lipinski definition) is 3. The molecule has 0 aromatic heterocycles. The zero-order valence-corrected chi connectivity index (χ0v) is 15.3. The van der Waals surface area contributed by atoms with E-state index in [0.29, 0.717) is 6.04 Å². The minimum absolute atomic E-state index is 0.136. The van der Waals surface area contributed by atoms with Crippen LogP contribution in [-0.4, -0.2) is 28.8 Å². The van der Waals surface area contributed by atoms with Gasteiger partial charge in [-0.05, 0) is 45.6 Å². The summed E-state index contributed by atoms with van der Waals surface area (Å²) < 4.78 is 5.54. The highest BCUT2D eigenvalue weighted by molar-refractivity contribution is 5.68.